The number of phenols is 1. The molecule has 1 fully saturated rings. The fraction of sp³-hybridized carbons (Fsp3) is 0.273. The molecule has 4 rings (SSSR count). The van der Waals surface area contributed by atoms with Gasteiger partial charge in [-0.05, 0) is 35.7 Å². The van der Waals surface area contributed by atoms with Crippen LogP contribution in [0.4, 0.5) is 23.7 Å². The molecule has 0 bridgehead atoms. The van der Waals surface area contributed by atoms with Gasteiger partial charge in [-0.1, -0.05) is 23.7 Å². The van der Waals surface area contributed by atoms with E-state index in [1.165, 1.54) is 4.90 Å². The first kappa shape index (κ1) is 24.3. The third-order valence-corrected chi connectivity index (χ3v) is 5.99. The summed E-state index contributed by atoms with van der Waals surface area (Å²) < 4.78 is 38.6. The van der Waals surface area contributed by atoms with Crippen LogP contribution < -0.4 is 16.0 Å². The molecule has 1 saturated heterocycles. The van der Waals surface area contributed by atoms with Gasteiger partial charge in [0.25, 0.3) is 5.91 Å². The largest absolute Gasteiger partial charge is 0.506 e. The molecule has 13 heteroatoms. The number of alkyl halides is 3. The summed E-state index contributed by atoms with van der Waals surface area (Å²) in [5.74, 6) is -2.04. The number of imide groups is 1. The van der Waals surface area contributed by atoms with E-state index in [2.05, 4.69) is 16.0 Å². The monoisotopic (exact) mass is 510 g/mol. The molecule has 2 aliphatic heterocycles. The topological polar surface area (TPSA) is 128 Å². The normalized spacial score (nSPS) is 17.8. The number of halogens is 4. The first-order valence-electron chi connectivity index (χ1n) is 10.3. The number of nitrogens with zero attached hydrogens (tertiary/aromatic N) is 1. The van der Waals surface area contributed by atoms with Crippen LogP contribution in [0.2, 0.25) is 5.02 Å². The molecule has 9 nitrogen and oxygen atoms in total. The van der Waals surface area contributed by atoms with Crippen molar-refractivity contribution in [1.82, 2.24) is 15.5 Å². The summed E-state index contributed by atoms with van der Waals surface area (Å²) in [5, 5.41) is 16.1. The van der Waals surface area contributed by atoms with Gasteiger partial charge in [0.15, 0.2) is 0 Å². The number of anilines is 1. The average Bonchev–Trinajstić information content (AvgIpc) is 3.09. The summed E-state index contributed by atoms with van der Waals surface area (Å²) in [4.78, 5) is 49.8. The van der Waals surface area contributed by atoms with Crippen molar-refractivity contribution < 1.29 is 37.5 Å². The molecule has 2 aromatic rings. The van der Waals surface area contributed by atoms with Crippen LogP contribution >= 0.6 is 11.6 Å². The average molecular weight is 511 g/mol. The van der Waals surface area contributed by atoms with Gasteiger partial charge in [-0.15, -0.1) is 0 Å². The predicted molar refractivity (Wildman–Crippen MR) is 116 cm³/mol. The molecule has 0 aromatic heterocycles. The Hall–Kier alpha value is -3.80. The molecular weight excluding hydrogens is 493 g/mol. The maximum absolute atomic E-state index is 12.9. The molecule has 0 saturated carbocycles. The first-order chi connectivity index (χ1) is 16.4. The summed E-state index contributed by atoms with van der Waals surface area (Å²) in [6.07, 6.45) is -4.39. The quantitative estimate of drug-likeness (QED) is 0.371. The molecule has 1 unspecified atom stereocenters. The van der Waals surface area contributed by atoms with E-state index >= 15 is 0 Å². The number of hydrogen-bond acceptors (Lipinski definition) is 5. The van der Waals surface area contributed by atoms with Crippen molar-refractivity contribution in [3.8, 4) is 5.75 Å². The van der Waals surface area contributed by atoms with Crippen LogP contribution in [0, 0.1) is 0 Å². The summed E-state index contributed by atoms with van der Waals surface area (Å²) in [6, 6.07) is 4.53. The molecule has 35 heavy (non-hydrogen) atoms. The van der Waals surface area contributed by atoms with Crippen LogP contribution in [0.3, 0.4) is 0 Å². The Bertz CT molecular complexity index is 1250. The van der Waals surface area contributed by atoms with Gasteiger partial charge in [-0.25, -0.2) is 4.79 Å². The van der Waals surface area contributed by atoms with Gasteiger partial charge in [0.1, 0.15) is 11.8 Å². The molecule has 0 aliphatic carbocycles. The highest BCUT2D eigenvalue weighted by atomic mass is 35.5. The number of fused-ring (bicyclic) bond motifs is 1. The summed E-state index contributed by atoms with van der Waals surface area (Å²) in [6.45, 7) is 0.166. The van der Waals surface area contributed by atoms with Crippen LogP contribution in [0.15, 0.2) is 30.3 Å². The number of aromatic hydroxyl groups is 1. The van der Waals surface area contributed by atoms with Gasteiger partial charge in [0.2, 0.25) is 11.8 Å². The molecule has 2 heterocycles. The van der Waals surface area contributed by atoms with E-state index in [0.29, 0.717) is 22.8 Å². The fourth-order valence-corrected chi connectivity index (χ4v) is 4.24. The van der Waals surface area contributed by atoms with Gasteiger partial charge in [-0.2, -0.15) is 13.2 Å². The number of amides is 5. The van der Waals surface area contributed by atoms with Crippen molar-refractivity contribution in [2.75, 3.05) is 5.32 Å². The molecule has 5 amide bonds. The number of nitrogens with one attached hydrogen (secondary N) is 3. The number of rotatable bonds is 4. The number of urea groups is 1. The number of carbonyl (C=O) groups is 4. The highest BCUT2D eigenvalue weighted by molar-refractivity contribution is 6.32. The number of hydrogen-bond donors (Lipinski definition) is 4. The number of piperidine rings is 1. The molecule has 2 aromatic carbocycles. The highest BCUT2D eigenvalue weighted by Crippen LogP contribution is 2.40. The number of benzene rings is 2. The van der Waals surface area contributed by atoms with Crippen LogP contribution in [0.1, 0.15) is 39.9 Å². The number of phenolic OH excluding ortho intramolecular Hbond substituents is 1. The van der Waals surface area contributed by atoms with Crippen LogP contribution in [0.25, 0.3) is 0 Å². The van der Waals surface area contributed by atoms with Gasteiger partial charge >= 0.3 is 12.2 Å². The van der Waals surface area contributed by atoms with E-state index in [1.807, 2.05) is 0 Å². The van der Waals surface area contributed by atoms with Gasteiger partial charge in [0, 0.05) is 25.1 Å². The Labute approximate surface area is 201 Å². The molecule has 0 radical (unpaired) electrons. The third-order valence-electron chi connectivity index (χ3n) is 5.68. The van der Waals surface area contributed by atoms with E-state index in [4.69, 9.17) is 11.6 Å². The zero-order chi connectivity index (χ0) is 25.5. The van der Waals surface area contributed by atoms with E-state index in [0.717, 1.165) is 6.07 Å². The predicted octanol–water partition coefficient (Wildman–Crippen LogP) is 3.15. The summed E-state index contributed by atoms with van der Waals surface area (Å²) in [7, 11) is 0. The lowest BCUT2D eigenvalue weighted by Gasteiger charge is -2.29. The van der Waals surface area contributed by atoms with E-state index < -0.39 is 40.5 Å². The first-order valence-corrected chi connectivity index (χ1v) is 10.7. The van der Waals surface area contributed by atoms with Crippen LogP contribution in [0.5, 0.6) is 5.75 Å². The summed E-state index contributed by atoms with van der Waals surface area (Å²) >= 11 is 5.62. The molecule has 4 N–H and O–H groups in total. The Balaban J connectivity index is 1.39. The second-order valence-electron chi connectivity index (χ2n) is 8.05. The van der Waals surface area contributed by atoms with Crippen molar-refractivity contribution in [3.63, 3.8) is 0 Å². The van der Waals surface area contributed by atoms with E-state index in [-0.39, 0.29) is 43.4 Å². The third kappa shape index (κ3) is 5.02. The Morgan fingerprint density at radius 3 is 2.63 bits per heavy atom. The Kier molecular flexibility index (Phi) is 6.32. The van der Waals surface area contributed by atoms with Crippen molar-refractivity contribution in [2.24, 2.45) is 0 Å². The SMILES string of the molecule is O=C1CCC(N2Cc3cc(CNC(=O)Nc4cc(Cl)c(C(F)(F)F)cc4O)ccc3C2=O)C(=O)N1. The zero-order valence-electron chi connectivity index (χ0n) is 17.8. The van der Waals surface area contributed by atoms with Crippen LogP contribution in [-0.4, -0.2) is 39.8 Å². The lowest BCUT2D eigenvalue weighted by atomic mass is 10.0. The molecule has 0 spiro atoms. The van der Waals surface area contributed by atoms with Gasteiger partial charge < -0.3 is 20.6 Å². The van der Waals surface area contributed by atoms with Crippen molar-refractivity contribution in [1.29, 1.82) is 0 Å². The van der Waals surface area contributed by atoms with Crippen molar-refractivity contribution in [2.45, 2.75) is 38.1 Å². The standard InChI is InChI=1S/C22H18ClF3N4O5/c23-14-7-15(17(31)6-13(14)22(24,25)26)28-21(35)27-8-10-1-2-12-11(5-10)9-30(20(12)34)16-3-4-18(32)29-19(16)33/h1-2,5-7,16,31H,3-4,8-9H2,(H2,27,28,35)(H,29,32,33). The lowest BCUT2D eigenvalue weighted by molar-refractivity contribution is -0.138. The van der Waals surface area contributed by atoms with E-state index in [1.54, 1.807) is 18.2 Å². The Morgan fingerprint density at radius 2 is 1.94 bits per heavy atom. The summed E-state index contributed by atoms with van der Waals surface area (Å²) in [5.41, 5.74) is 0.131. The molecular formula is C22H18ClF3N4O5. The van der Waals surface area contributed by atoms with Gasteiger partial charge in [-0.3, -0.25) is 19.7 Å². The second-order valence-corrected chi connectivity index (χ2v) is 8.45. The van der Waals surface area contributed by atoms with Crippen molar-refractivity contribution >= 4 is 41.0 Å². The van der Waals surface area contributed by atoms with Crippen LogP contribution in [-0.2, 0) is 28.9 Å². The Morgan fingerprint density at radius 1 is 1.20 bits per heavy atom. The number of carbonyl (C=O) groups excluding carboxylic acids is 4. The zero-order valence-corrected chi connectivity index (χ0v) is 18.6. The second kappa shape index (κ2) is 9.10. The van der Waals surface area contributed by atoms with E-state index in [9.17, 15) is 37.5 Å². The minimum atomic E-state index is -4.77. The maximum Gasteiger partial charge on any atom is 0.417 e. The van der Waals surface area contributed by atoms with Gasteiger partial charge in [0.05, 0.1) is 16.3 Å². The minimum Gasteiger partial charge on any atom is -0.506 e. The lowest BCUT2D eigenvalue weighted by Crippen LogP contribution is -2.52. The minimum absolute atomic E-state index is 0.000842. The smallest absolute Gasteiger partial charge is 0.417 e. The fourth-order valence-electron chi connectivity index (χ4n) is 3.97. The molecule has 2 aliphatic rings. The van der Waals surface area contributed by atoms with Crippen molar-refractivity contribution in [3.05, 3.63) is 57.6 Å². The molecule has 1 atom stereocenters. The highest BCUT2D eigenvalue weighted by Gasteiger charge is 2.39. The maximum atomic E-state index is 12.9. The molecule has 184 valence electrons.